The van der Waals surface area contributed by atoms with Crippen LogP contribution in [0.5, 0.6) is 0 Å². The number of hydrogen-bond acceptors (Lipinski definition) is 2. The van der Waals surface area contributed by atoms with Gasteiger partial charge >= 0.3 is 0 Å². The van der Waals surface area contributed by atoms with Crippen molar-refractivity contribution in [2.75, 3.05) is 5.32 Å². The lowest BCUT2D eigenvalue weighted by atomic mass is 10.1. The molecule has 0 radical (unpaired) electrons. The van der Waals surface area contributed by atoms with Crippen LogP contribution >= 0.6 is 11.6 Å². The Morgan fingerprint density at radius 2 is 2.31 bits per heavy atom. The highest BCUT2D eigenvalue weighted by molar-refractivity contribution is 6.33. The van der Waals surface area contributed by atoms with E-state index in [-0.39, 0.29) is 0 Å². The lowest BCUT2D eigenvalue weighted by molar-refractivity contribution is 0.642. The number of rotatable bonds is 4. The molecule has 0 saturated heterocycles. The summed E-state index contributed by atoms with van der Waals surface area (Å²) in [5.74, 6) is 0.889. The van der Waals surface area contributed by atoms with Crippen molar-refractivity contribution >= 4 is 17.3 Å². The molecule has 1 atom stereocenters. The molecule has 1 aliphatic carbocycles. The minimum absolute atomic E-state index is 0.416. The molecule has 0 spiro atoms. The van der Waals surface area contributed by atoms with Gasteiger partial charge in [-0.2, -0.15) is 5.26 Å². The Kier molecular flexibility index (Phi) is 3.36. The molecule has 1 saturated carbocycles. The second-order valence-electron chi connectivity index (χ2n) is 4.53. The molecular weight excluding hydrogens is 220 g/mol. The molecule has 0 heterocycles. The van der Waals surface area contributed by atoms with Crippen LogP contribution in [0.1, 0.15) is 31.7 Å². The first kappa shape index (κ1) is 11.3. The van der Waals surface area contributed by atoms with Gasteiger partial charge in [0.1, 0.15) is 0 Å². The number of anilines is 1. The Morgan fingerprint density at radius 3 is 2.94 bits per heavy atom. The van der Waals surface area contributed by atoms with Gasteiger partial charge in [-0.05, 0) is 37.5 Å². The number of nitriles is 1. The van der Waals surface area contributed by atoms with Crippen molar-refractivity contribution < 1.29 is 0 Å². The van der Waals surface area contributed by atoms with Crippen molar-refractivity contribution in [1.82, 2.24) is 0 Å². The number of hydrogen-bond donors (Lipinski definition) is 1. The molecule has 0 aromatic heterocycles. The number of benzene rings is 1. The van der Waals surface area contributed by atoms with Gasteiger partial charge in [0.25, 0.3) is 0 Å². The minimum atomic E-state index is 0.416. The summed E-state index contributed by atoms with van der Waals surface area (Å²) in [5, 5.41) is 12.9. The smallest absolute Gasteiger partial charge is 0.0992 e. The van der Waals surface area contributed by atoms with Gasteiger partial charge < -0.3 is 5.32 Å². The van der Waals surface area contributed by atoms with E-state index >= 15 is 0 Å². The normalized spacial score (nSPS) is 16.6. The fraction of sp³-hybridized carbons (Fsp3) is 0.462. The first-order valence-electron chi connectivity index (χ1n) is 5.65. The Balaban J connectivity index is 2.04. The molecule has 1 aromatic rings. The Morgan fingerprint density at radius 1 is 1.56 bits per heavy atom. The van der Waals surface area contributed by atoms with Crippen LogP contribution in [0, 0.1) is 17.2 Å². The predicted octanol–water partition coefficient (Wildman–Crippen LogP) is 3.81. The first-order valence-corrected chi connectivity index (χ1v) is 6.03. The zero-order chi connectivity index (χ0) is 11.5. The van der Waals surface area contributed by atoms with Gasteiger partial charge in [0, 0.05) is 6.04 Å². The summed E-state index contributed by atoms with van der Waals surface area (Å²) < 4.78 is 0. The molecule has 2 nitrogen and oxygen atoms in total. The zero-order valence-electron chi connectivity index (χ0n) is 9.33. The average Bonchev–Trinajstić information content (AvgIpc) is 3.05. The van der Waals surface area contributed by atoms with Crippen molar-refractivity contribution in [2.45, 2.75) is 32.2 Å². The van der Waals surface area contributed by atoms with E-state index in [9.17, 15) is 0 Å². The summed E-state index contributed by atoms with van der Waals surface area (Å²) in [6, 6.07) is 7.85. The van der Waals surface area contributed by atoms with Crippen LogP contribution in [0.25, 0.3) is 0 Å². The Bertz CT molecular complexity index is 418. The summed E-state index contributed by atoms with van der Waals surface area (Å²) in [6.07, 6.45) is 3.91. The molecule has 1 unspecified atom stereocenters. The van der Waals surface area contributed by atoms with Crippen LogP contribution in [0.15, 0.2) is 18.2 Å². The van der Waals surface area contributed by atoms with Crippen molar-refractivity contribution in [3.63, 3.8) is 0 Å². The molecule has 1 fully saturated rings. The van der Waals surface area contributed by atoms with Crippen LogP contribution in [0.2, 0.25) is 5.02 Å². The summed E-state index contributed by atoms with van der Waals surface area (Å²) in [6.45, 7) is 2.16. The lowest BCUT2D eigenvalue weighted by Crippen LogP contribution is -2.16. The van der Waals surface area contributed by atoms with Crippen molar-refractivity contribution in [3.8, 4) is 6.07 Å². The van der Waals surface area contributed by atoms with E-state index in [1.165, 1.54) is 19.3 Å². The highest BCUT2D eigenvalue weighted by Gasteiger charge is 2.23. The van der Waals surface area contributed by atoms with E-state index in [1.54, 1.807) is 12.1 Å². The topological polar surface area (TPSA) is 35.8 Å². The number of nitrogens with one attached hydrogen (secondary N) is 1. The van der Waals surface area contributed by atoms with Gasteiger partial charge in [0.15, 0.2) is 0 Å². The van der Waals surface area contributed by atoms with Gasteiger partial charge in [0.2, 0.25) is 0 Å². The molecular formula is C13H15ClN2. The summed E-state index contributed by atoms with van der Waals surface area (Å²) in [4.78, 5) is 0. The molecule has 0 aliphatic heterocycles. The van der Waals surface area contributed by atoms with E-state index in [2.05, 4.69) is 18.3 Å². The van der Waals surface area contributed by atoms with Gasteiger partial charge in [-0.1, -0.05) is 24.4 Å². The molecule has 2 rings (SSSR count). The quantitative estimate of drug-likeness (QED) is 0.860. The second-order valence-corrected chi connectivity index (χ2v) is 4.94. The first-order chi connectivity index (χ1) is 7.69. The molecule has 0 bridgehead atoms. The highest BCUT2D eigenvalue weighted by Crippen LogP contribution is 2.34. The standard InChI is InChI=1S/C13H15ClN2/c1-9(6-10-2-3-10)16-13-7-11(8-15)4-5-12(13)14/h4-5,7,9-10,16H,2-3,6H2,1H3. The fourth-order valence-electron chi connectivity index (χ4n) is 1.88. The maximum Gasteiger partial charge on any atom is 0.0992 e. The highest BCUT2D eigenvalue weighted by atomic mass is 35.5. The average molecular weight is 235 g/mol. The van der Waals surface area contributed by atoms with E-state index in [0.29, 0.717) is 16.6 Å². The third-order valence-corrected chi connectivity index (χ3v) is 3.21. The van der Waals surface area contributed by atoms with E-state index in [1.807, 2.05) is 6.07 Å². The number of nitrogens with zero attached hydrogens (tertiary/aromatic N) is 1. The van der Waals surface area contributed by atoms with Crippen molar-refractivity contribution in [1.29, 1.82) is 5.26 Å². The van der Waals surface area contributed by atoms with Gasteiger partial charge in [-0.15, -0.1) is 0 Å². The van der Waals surface area contributed by atoms with Crippen molar-refractivity contribution in [2.24, 2.45) is 5.92 Å². The van der Waals surface area contributed by atoms with Crippen LogP contribution in [-0.2, 0) is 0 Å². The molecule has 1 aliphatic rings. The van der Waals surface area contributed by atoms with Gasteiger partial charge in [-0.3, -0.25) is 0 Å². The maximum absolute atomic E-state index is 8.82. The molecule has 0 amide bonds. The van der Waals surface area contributed by atoms with Crippen LogP contribution < -0.4 is 5.32 Å². The third kappa shape index (κ3) is 2.90. The zero-order valence-corrected chi connectivity index (χ0v) is 10.1. The van der Waals surface area contributed by atoms with Crippen LogP contribution in [0.4, 0.5) is 5.69 Å². The van der Waals surface area contributed by atoms with Gasteiger partial charge in [-0.25, -0.2) is 0 Å². The van der Waals surface area contributed by atoms with Crippen LogP contribution in [-0.4, -0.2) is 6.04 Å². The monoisotopic (exact) mass is 234 g/mol. The molecule has 16 heavy (non-hydrogen) atoms. The molecule has 1 N–H and O–H groups in total. The van der Waals surface area contributed by atoms with Gasteiger partial charge in [0.05, 0.1) is 22.3 Å². The van der Waals surface area contributed by atoms with E-state index < -0.39 is 0 Å². The SMILES string of the molecule is CC(CC1CC1)Nc1cc(C#N)ccc1Cl. The predicted molar refractivity (Wildman–Crippen MR) is 66.6 cm³/mol. The Labute approximate surface area is 101 Å². The molecule has 84 valence electrons. The molecule has 1 aromatic carbocycles. The Hall–Kier alpha value is -1.20. The number of halogens is 1. The fourth-order valence-corrected chi connectivity index (χ4v) is 2.06. The maximum atomic E-state index is 8.82. The largest absolute Gasteiger partial charge is 0.381 e. The molecule has 3 heteroatoms. The van der Waals surface area contributed by atoms with E-state index in [4.69, 9.17) is 16.9 Å². The lowest BCUT2D eigenvalue weighted by Gasteiger charge is -2.16. The van der Waals surface area contributed by atoms with Crippen molar-refractivity contribution in [3.05, 3.63) is 28.8 Å². The summed E-state index contributed by atoms with van der Waals surface area (Å²) in [5.41, 5.74) is 1.51. The van der Waals surface area contributed by atoms with Crippen LogP contribution in [0.3, 0.4) is 0 Å². The third-order valence-electron chi connectivity index (χ3n) is 2.88. The second kappa shape index (κ2) is 4.76. The summed E-state index contributed by atoms with van der Waals surface area (Å²) >= 11 is 6.08. The summed E-state index contributed by atoms with van der Waals surface area (Å²) in [7, 11) is 0. The van der Waals surface area contributed by atoms with E-state index in [0.717, 1.165) is 11.6 Å². The minimum Gasteiger partial charge on any atom is -0.381 e.